The van der Waals surface area contributed by atoms with Gasteiger partial charge in [-0.05, 0) is 99.6 Å². The van der Waals surface area contributed by atoms with E-state index in [1.165, 1.54) is 13.1 Å². The molecule has 4 aliphatic rings. The Labute approximate surface area is 294 Å². The van der Waals surface area contributed by atoms with Gasteiger partial charge in [0.2, 0.25) is 5.91 Å². The molecule has 5 amide bonds. The average Bonchev–Trinajstić information content (AvgIpc) is 3.54. The van der Waals surface area contributed by atoms with Crippen LogP contribution in [0.1, 0.15) is 54.5 Å². The standard InChI is InChI=1S/C34H45ClF3N7O3S/c1-39-30-25(34(36,37)38)17-21(18-26(30)35)19-28(31(46)43-12-5-23(6-13-43)22-3-10-42(2)11-4-22)41-32(47)44-14-7-24(8-15-44)45-20-29-27(9-16-49-29)40-33(45)48/h9,16-18,22-24,28,39H,3-8,10-15,19-20H2,1-2H3,(H,40,48)(H,41,47)/t28-/m1/s1. The number of urea groups is 2. The zero-order valence-electron chi connectivity index (χ0n) is 28.0. The summed E-state index contributed by atoms with van der Waals surface area (Å²) in [5, 5.41) is 10.2. The smallest absolute Gasteiger partial charge is 0.386 e. The minimum absolute atomic E-state index is 0.0452. The second kappa shape index (κ2) is 14.9. The van der Waals surface area contributed by atoms with Crippen molar-refractivity contribution < 1.29 is 27.6 Å². The Morgan fingerprint density at radius 1 is 1.00 bits per heavy atom. The van der Waals surface area contributed by atoms with E-state index < -0.39 is 23.8 Å². The number of amides is 5. The summed E-state index contributed by atoms with van der Waals surface area (Å²) in [5.74, 6) is 0.857. The molecule has 0 unspecified atom stereocenters. The highest BCUT2D eigenvalue weighted by Gasteiger charge is 2.38. The number of rotatable bonds is 7. The lowest BCUT2D eigenvalue weighted by Gasteiger charge is -2.41. The summed E-state index contributed by atoms with van der Waals surface area (Å²) in [5.41, 5.74) is -0.109. The molecule has 49 heavy (non-hydrogen) atoms. The van der Waals surface area contributed by atoms with E-state index in [1.807, 2.05) is 16.3 Å². The fourth-order valence-electron chi connectivity index (χ4n) is 7.91. The van der Waals surface area contributed by atoms with Gasteiger partial charge in [-0.15, -0.1) is 11.3 Å². The third-order valence-corrected chi connectivity index (χ3v) is 12.0. The van der Waals surface area contributed by atoms with E-state index in [9.17, 15) is 27.6 Å². The maximum Gasteiger partial charge on any atom is 0.418 e. The molecule has 1 atom stereocenters. The first-order valence-corrected chi connectivity index (χ1v) is 18.4. The van der Waals surface area contributed by atoms with Gasteiger partial charge < -0.3 is 35.6 Å². The molecular weight excluding hydrogens is 679 g/mol. The summed E-state index contributed by atoms with van der Waals surface area (Å²) in [6, 6.07) is 2.60. The monoisotopic (exact) mass is 723 g/mol. The van der Waals surface area contributed by atoms with Crippen molar-refractivity contribution in [2.45, 2.75) is 69.8 Å². The summed E-state index contributed by atoms with van der Waals surface area (Å²) in [6.07, 6.45) is 0.358. The highest BCUT2D eigenvalue weighted by atomic mass is 35.5. The molecule has 0 spiro atoms. The van der Waals surface area contributed by atoms with Crippen LogP contribution in [0.5, 0.6) is 0 Å². The zero-order chi connectivity index (χ0) is 34.9. The van der Waals surface area contributed by atoms with Crippen LogP contribution < -0.4 is 16.0 Å². The predicted octanol–water partition coefficient (Wildman–Crippen LogP) is 6.18. The highest BCUT2D eigenvalue weighted by molar-refractivity contribution is 7.10. The minimum Gasteiger partial charge on any atom is -0.386 e. The second-order valence-corrected chi connectivity index (χ2v) is 15.2. The maximum atomic E-state index is 14.1. The lowest BCUT2D eigenvalue weighted by atomic mass is 9.79. The molecular formula is C34H45ClF3N7O3S. The summed E-state index contributed by atoms with van der Waals surface area (Å²) in [6.45, 7) is 4.52. The van der Waals surface area contributed by atoms with Crippen LogP contribution in [0.25, 0.3) is 0 Å². The van der Waals surface area contributed by atoms with E-state index in [1.54, 1.807) is 21.1 Å². The van der Waals surface area contributed by atoms with Crippen molar-refractivity contribution in [1.82, 2.24) is 24.9 Å². The number of benzene rings is 1. The van der Waals surface area contributed by atoms with Gasteiger partial charge in [0.15, 0.2) is 0 Å². The van der Waals surface area contributed by atoms with E-state index in [0.29, 0.717) is 57.4 Å². The quantitative estimate of drug-likeness (QED) is 0.317. The van der Waals surface area contributed by atoms with Crippen molar-refractivity contribution in [3.8, 4) is 0 Å². The Morgan fingerprint density at radius 3 is 2.27 bits per heavy atom. The molecule has 5 heterocycles. The minimum atomic E-state index is -4.67. The van der Waals surface area contributed by atoms with Crippen LogP contribution in [0.3, 0.4) is 0 Å². The van der Waals surface area contributed by atoms with Gasteiger partial charge in [-0.1, -0.05) is 11.6 Å². The molecule has 3 saturated heterocycles. The number of nitrogens with zero attached hydrogens (tertiary/aromatic N) is 4. The summed E-state index contributed by atoms with van der Waals surface area (Å²) in [7, 11) is 3.51. The molecule has 3 N–H and O–H groups in total. The van der Waals surface area contributed by atoms with Gasteiger partial charge in [0, 0.05) is 50.6 Å². The van der Waals surface area contributed by atoms with Gasteiger partial charge in [-0.2, -0.15) is 13.2 Å². The van der Waals surface area contributed by atoms with Crippen molar-refractivity contribution >= 4 is 52.3 Å². The topological polar surface area (TPSA) is 100 Å². The van der Waals surface area contributed by atoms with Gasteiger partial charge >= 0.3 is 18.2 Å². The van der Waals surface area contributed by atoms with Gasteiger partial charge in [0.1, 0.15) is 6.04 Å². The van der Waals surface area contributed by atoms with Crippen molar-refractivity contribution in [2.24, 2.45) is 11.8 Å². The van der Waals surface area contributed by atoms with E-state index in [4.69, 9.17) is 11.6 Å². The van der Waals surface area contributed by atoms with Crippen molar-refractivity contribution in [3.05, 3.63) is 44.6 Å². The van der Waals surface area contributed by atoms with Crippen molar-refractivity contribution in [1.29, 1.82) is 0 Å². The van der Waals surface area contributed by atoms with Crippen molar-refractivity contribution in [2.75, 3.05) is 64.0 Å². The predicted molar refractivity (Wildman–Crippen MR) is 185 cm³/mol. The van der Waals surface area contributed by atoms with Crippen LogP contribution in [0, 0.1) is 11.8 Å². The van der Waals surface area contributed by atoms with E-state index in [2.05, 4.69) is 27.9 Å². The lowest BCUT2D eigenvalue weighted by Crippen LogP contribution is -2.57. The number of likely N-dealkylation sites (tertiary alicyclic amines) is 3. The highest BCUT2D eigenvalue weighted by Crippen LogP contribution is 2.40. The molecule has 1 aromatic carbocycles. The molecule has 4 aliphatic heterocycles. The summed E-state index contributed by atoms with van der Waals surface area (Å²) in [4.78, 5) is 49.2. The third kappa shape index (κ3) is 8.06. The fourth-order valence-corrected chi connectivity index (χ4v) is 9.07. The van der Waals surface area contributed by atoms with Gasteiger partial charge in [0.25, 0.3) is 0 Å². The molecule has 0 radical (unpaired) electrons. The Morgan fingerprint density at radius 2 is 1.63 bits per heavy atom. The Balaban J connectivity index is 1.14. The van der Waals surface area contributed by atoms with Crippen LogP contribution >= 0.6 is 22.9 Å². The van der Waals surface area contributed by atoms with E-state index in [-0.39, 0.29) is 40.7 Å². The molecule has 2 aromatic rings. The number of carbonyl (C=O) groups excluding carboxylic acids is 3. The van der Waals surface area contributed by atoms with E-state index in [0.717, 1.165) is 55.4 Å². The number of carbonyl (C=O) groups is 3. The molecule has 268 valence electrons. The molecule has 0 bridgehead atoms. The zero-order valence-corrected chi connectivity index (χ0v) is 29.5. The number of hydrogen-bond acceptors (Lipinski definition) is 6. The first-order valence-electron chi connectivity index (χ1n) is 17.2. The molecule has 0 saturated carbocycles. The van der Waals surface area contributed by atoms with Crippen LogP contribution in [0.4, 0.5) is 34.1 Å². The molecule has 3 fully saturated rings. The normalized spacial score (nSPS) is 20.9. The number of fused-ring (bicyclic) bond motifs is 1. The number of nitrogens with one attached hydrogen (secondary N) is 3. The molecule has 10 nitrogen and oxygen atoms in total. The largest absolute Gasteiger partial charge is 0.418 e. The Kier molecular flexibility index (Phi) is 10.9. The average molecular weight is 724 g/mol. The Hall–Kier alpha value is -3.23. The second-order valence-electron chi connectivity index (χ2n) is 13.8. The number of thiophene rings is 1. The van der Waals surface area contributed by atoms with Crippen LogP contribution in [0.15, 0.2) is 23.6 Å². The first-order chi connectivity index (χ1) is 23.4. The first kappa shape index (κ1) is 35.6. The number of anilines is 2. The number of halogens is 4. The van der Waals surface area contributed by atoms with Crippen LogP contribution in [-0.2, 0) is 23.9 Å². The van der Waals surface area contributed by atoms with Gasteiger partial charge in [-0.3, -0.25) is 4.79 Å². The van der Waals surface area contributed by atoms with Crippen LogP contribution in [0.2, 0.25) is 5.02 Å². The molecule has 15 heteroatoms. The third-order valence-electron chi connectivity index (χ3n) is 10.8. The van der Waals surface area contributed by atoms with E-state index >= 15 is 0 Å². The Bertz CT molecular complexity index is 1520. The van der Waals surface area contributed by atoms with Crippen LogP contribution in [-0.4, -0.2) is 103 Å². The SMILES string of the molecule is CNc1c(Cl)cc(C[C@@H](NC(=O)N2CCC(N3Cc4sccc4NC3=O)CC2)C(=O)N2CCC(C3CCN(C)CC3)CC2)cc1C(F)(F)F. The lowest BCUT2D eigenvalue weighted by molar-refractivity contribution is -0.137. The number of hydrogen-bond donors (Lipinski definition) is 3. The molecule has 1 aromatic heterocycles. The van der Waals surface area contributed by atoms with Gasteiger partial charge in [-0.25, -0.2) is 9.59 Å². The summed E-state index contributed by atoms with van der Waals surface area (Å²) < 4.78 is 42.0. The molecule has 0 aliphatic carbocycles. The van der Waals surface area contributed by atoms with Crippen molar-refractivity contribution in [3.63, 3.8) is 0 Å². The maximum absolute atomic E-state index is 14.1. The number of piperidine rings is 3. The van der Waals surface area contributed by atoms with Gasteiger partial charge in [0.05, 0.1) is 28.5 Å². The molecule has 6 rings (SSSR count). The fraction of sp³-hybridized carbons (Fsp3) is 0.618. The summed E-state index contributed by atoms with van der Waals surface area (Å²) >= 11 is 7.89. The number of alkyl halides is 3.